The summed E-state index contributed by atoms with van der Waals surface area (Å²) in [6.07, 6.45) is 5.14. The molecule has 14 heavy (non-hydrogen) atoms. The minimum atomic E-state index is 0.298. The Hall–Kier alpha value is -0.770. The fraction of sp³-hybridized carbons (Fsp3) is 0.900. The molecule has 0 radical (unpaired) electrons. The lowest BCUT2D eigenvalue weighted by Crippen LogP contribution is -2.12. The molecule has 0 spiro atoms. The largest absolute Gasteiger partial charge is 0.409 e. The van der Waals surface area contributed by atoms with Gasteiger partial charge in [0, 0.05) is 13.0 Å². The summed E-state index contributed by atoms with van der Waals surface area (Å²) in [6, 6.07) is 0. The van der Waals surface area contributed by atoms with Crippen molar-refractivity contribution >= 4 is 5.84 Å². The van der Waals surface area contributed by atoms with Crippen molar-refractivity contribution in [3.63, 3.8) is 0 Å². The number of hydrogen-bond donors (Lipinski definition) is 2. The molecule has 0 heterocycles. The molecule has 84 valence electrons. The zero-order valence-electron chi connectivity index (χ0n) is 9.20. The highest BCUT2D eigenvalue weighted by Gasteiger charge is 2.00. The van der Waals surface area contributed by atoms with E-state index in [1.807, 2.05) is 0 Å². The third-order valence-electron chi connectivity index (χ3n) is 2.05. The van der Waals surface area contributed by atoms with Crippen LogP contribution in [0.15, 0.2) is 5.16 Å². The molecule has 0 aromatic carbocycles. The molecular weight excluding hydrogens is 180 g/mol. The van der Waals surface area contributed by atoms with Crippen LogP contribution in [-0.2, 0) is 4.74 Å². The highest BCUT2D eigenvalue weighted by atomic mass is 16.5. The Labute approximate surface area is 86.1 Å². The van der Waals surface area contributed by atoms with Gasteiger partial charge >= 0.3 is 0 Å². The van der Waals surface area contributed by atoms with Gasteiger partial charge < -0.3 is 15.7 Å². The number of rotatable bonds is 8. The molecule has 4 nitrogen and oxygen atoms in total. The Morgan fingerprint density at radius 1 is 1.50 bits per heavy atom. The number of ether oxygens (including phenoxy) is 1. The van der Waals surface area contributed by atoms with E-state index < -0.39 is 0 Å². The van der Waals surface area contributed by atoms with E-state index >= 15 is 0 Å². The second-order valence-electron chi connectivity index (χ2n) is 3.52. The van der Waals surface area contributed by atoms with E-state index in [4.69, 9.17) is 15.7 Å². The quantitative estimate of drug-likeness (QED) is 0.208. The third-order valence-corrected chi connectivity index (χ3v) is 2.05. The summed E-state index contributed by atoms with van der Waals surface area (Å²) in [5.41, 5.74) is 5.32. The fourth-order valence-corrected chi connectivity index (χ4v) is 1.23. The van der Waals surface area contributed by atoms with Crippen LogP contribution in [0.2, 0.25) is 0 Å². The molecular formula is C10H22N2O2. The summed E-state index contributed by atoms with van der Waals surface area (Å²) < 4.78 is 5.55. The SMILES string of the molecule is CCCC(C)OCCCCC(N)=NO. The molecule has 0 aliphatic heterocycles. The topological polar surface area (TPSA) is 67.8 Å². The fourth-order valence-electron chi connectivity index (χ4n) is 1.23. The molecule has 0 saturated carbocycles. The molecule has 0 fully saturated rings. The zero-order chi connectivity index (χ0) is 10.8. The molecule has 4 heteroatoms. The van der Waals surface area contributed by atoms with E-state index in [0.29, 0.717) is 18.4 Å². The van der Waals surface area contributed by atoms with E-state index in [1.165, 1.54) is 0 Å². The first-order valence-electron chi connectivity index (χ1n) is 5.28. The summed E-state index contributed by atoms with van der Waals surface area (Å²) in [5, 5.41) is 11.2. The van der Waals surface area contributed by atoms with Gasteiger partial charge in [-0.15, -0.1) is 0 Å². The maximum Gasteiger partial charge on any atom is 0.139 e. The van der Waals surface area contributed by atoms with Crippen LogP contribution >= 0.6 is 0 Å². The van der Waals surface area contributed by atoms with Crippen molar-refractivity contribution in [1.29, 1.82) is 0 Å². The summed E-state index contributed by atoms with van der Waals surface area (Å²) in [4.78, 5) is 0. The van der Waals surface area contributed by atoms with E-state index in [2.05, 4.69) is 19.0 Å². The Morgan fingerprint density at radius 2 is 2.21 bits per heavy atom. The molecule has 0 rings (SSSR count). The Morgan fingerprint density at radius 3 is 2.79 bits per heavy atom. The van der Waals surface area contributed by atoms with Crippen molar-refractivity contribution < 1.29 is 9.94 Å². The molecule has 0 aromatic heterocycles. The van der Waals surface area contributed by atoms with E-state index in [1.54, 1.807) is 0 Å². The van der Waals surface area contributed by atoms with Gasteiger partial charge in [0.25, 0.3) is 0 Å². The van der Waals surface area contributed by atoms with Crippen LogP contribution < -0.4 is 5.73 Å². The smallest absolute Gasteiger partial charge is 0.139 e. The van der Waals surface area contributed by atoms with Gasteiger partial charge in [0.2, 0.25) is 0 Å². The Kier molecular flexibility index (Phi) is 8.33. The first-order chi connectivity index (χ1) is 6.70. The molecule has 0 aliphatic carbocycles. The molecule has 0 aliphatic rings. The van der Waals surface area contributed by atoms with Crippen molar-refractivity contribution in [1.82, 2.24) is 0 Å². The van der Waals surface area contributed by atoms with Gasteiger partial charge in [0.1, 0.15) is 5.84 Å². The summed E-state index contributed by atoms with van der Waals surface area (Å²) in [5.74, 6) is 0.298. The molecule has 0 bridgehead atoms. The number of oxime groups is 1. The second kappa shape index (κ2) is 8.81. The van der Waals surface area contributed by atoms with Gasteiger partial charge in [-0.2, -0.15) is 0 Å². The van der Waals surface area contributed by atoms with Crippen LogP contribution in [0.5, 0.6) is 0 Å². The van der Waals surface area contributed by atoms with Crippen LogP contribution in [0.3, 0.4) is 0 Å². The summed E-state index contributed by atoms with van der Waals surface area (Å²) in [6.45, 7) is 5.01. The number of amidine groups is 1. The van der Waals surface area contributed by atoms with E-state index in [0.717, 1.165) is 32.3 Å². The van der Waals surface area contributed by atoms with E-state index in [-0.39, 0.29) is 0 Å². The number of unbranched alkanes of at least 4 members (excludes halogenated alkanes) is 1. The van der Waals surface area contributed by atoms with Crippen LogP contribution in [0, 0.1) is 0 Å². The lowest BCUT2D eigenvalue weighted by molar-refractivity contribution is 0.0576. The highest BCUT2D eigenvalue weighted by Crippen LogP contribution is 2.03. The Balaban J connectivity index is 3.21. The van der Waals surface area contributed by atoms with Gasteiger partial charge in [-0.05, 0) is 26.2 Å². The average molecular weight is 202 g/mol. The van der Waals surface area contributed by atoms with Gasteiger partial charge in [-0.1, -0.05) is 18.5 Å². The molecule has 0 amide bonds. The van der Waals surface area contributed by atoms with Gasteiger partial charge in [-0.3, -0.25) is 0 Å². The number of nitrogens with zero attached hydrogens (tertiary/aromatic N) is 1. The van der Waals surface area contributed by atoms with Crippen molar-refractivity contribution in [2.45, 2.75) is 52.1 Å². The molecule has 0 saturated heterocycles. The minimum absolute atomic E-state index is 0.298. The van der Waals surface area contributed by atoms with Crippen LogP contribution in [0.25, 0.3) is 0 Å². The predicted octanol–water partition coefficient (Wildman–Crippen LogP) is 2.11. The van der Waals surface area contributed by atoms with Gasteiger partial charge in [0.05, 0.1) is 6.10 Å². The third kappa shape index (κ3) is 7.86. The number of hydrogen-bond acceptors (Lipinski definition) is 3. The highest BCUT2D eigenvalue weighted by molar-refractivity contribution is 5.79. The van der Waals surface area contributed by atoms with Gasteiger partial charge in [-0.25, -0.2) is 0 Å². The second-order valence-corrected chi connectivity index (χ2v) is 3.52. The average Bonchev–Trinajstić information content (AvgIpc) is 2.17. The molecule has 3 N–H and O–H groups in total. The maximum absolute atomic E-state index is 8.28. The lowest BCUT2D eigenvalue weighted by atomic mass is 10.2. The first kappa shape index (κ1) is 13.2. The minimum Gasteiger partial charge on any atom is -0.409 e. The Bertz CT molecular complexity index is 160. The molecule has 1 unspecified atom stereocenters. The lowest BCUT2D eigenvalue weighted by Gasteiger charge is -2.11. The van der Waals surface area contributed by atoms with Crippen molar-refractivity contribution in [3.8, 4) is 0 Å². The zero-order valence-corrected chi connectivity index (χ0v) is 9.20. The maximum atomic E-state index is 8.28. The van der Waals surface area contributed by atoms with Crippen molar-refractivity contribution in [3.05, 3.63) is 0 Å². The predicted molar refractivity (Wildman–Crippen MR) is 57.6 cm³/mol. The standard InChI is InChI=1S/C10H22N2O2/c1-3-6-9(2)14-8-5-4-7-10(11)12-13/h9,13H,3-8H2,1-2H3,(H2,11,12). The van der Waals surface area contributed by atoms with E-state index in [9.17, 15) is 0 Å². The van der Waals surface area contributed by atoms with Gasteiger partial charge in [0.15, 0.2) is 0 Å². The molecule has 0 aromatic rings. The van der Waals surface area contributed by atoms with Crippen LogP contribution in [-0.4, -0.2) is 23.8 Å². The normalized spacial score (nSPS) is 14.3. The van der Waals surface area contributed by atoms with Crippen LogP contribution in [0.1, 0.15) is 46.0 Å². The van der Waals surface area contributed by atoms with Crippen LogP contribution in [0.4, 0.5) is 0 Å². The summed E-state index contributed by atoms with van der Waals surface area (Å²) >= 11 is 0. The van der Waals surface area contributed by atoms with Crippen molar-refractivity contribution in [2.75, 3.05) is 6.61 Å². The number of nitrogens with two attached hydrogens (primary N) is 1. The van der Waals surface area contributed by atoms with Crippen molar-refractivity contribution in [2.24, 2.45) is 10.9 Å². The monoisotopic (exact) mass is 202 g/mol. The first-order valence-corrected chi connectivity index (χ1v) is 5.28. The summed E-state index contributed by atoms with van der Waals surface area (Å²) in [7, 11) is 0. The molecule has 1 atom stereocenters.